The molecule has 43 heavy (non-hydrogen) atoms. The van der Waals surface area contributed by atoms with Crippen LogP contribution in [0.3, 0.4) is 0 Å². The summed E-state index contributed by atoms with van der Waals surface area (Å²) in [5, 5.41) is 16.7. The SMILES string of the molecule is COC(=O)[C@H](COCCOCCOCCOCCN=[N+]=[N-])NC(=O)CCCCN(c1cc(C)ccn1)C(O)OC(C)(C)C. The number of aliphatic hydroxyl groups is 1. The second-order valence-corrected chi connectivity index (χ2v) is 10.4. The average molecular weight is 613 g/mol. The normalized spacial score (nSPS) is 12.7. The van der Waals surface area contributed by atoms with Gasteiger partial charge in [0.25, 0.3) is 0 Å². The second-order valence-electron chi connectivity index (χ2n) is 10.4. The van der Waals surface area contributed by atoms with Crippen molar-refractivity contribution < 1.29 is 43.1 Å². The summed E-state index contributed by atoms with van der Waals surface area (Å²) in [4.78, 5) is 33.4. The summed E-state index contributed by atoms with van der Waals surface area (Å²) in [7, 11) is 1.24. The summed E-state index contributed by atoms with van der Waals surface area (Å²) in [6, 6.07) is 2.78. The standard InChI is InChI=1S/C28H48N6O9/c1-22-9-10-30-24(20-22)34(27(37)43-28(2,3)4)12-7-6-8-25(35)32-23(26(36)38-5)21-42-19-18-41-17-16-40-15-14-39-13-11-31-33-29/h9-10,20,23,27,37H,6-8,11-19,21H2,1-5H3,(H,32,35)/t23-,27?/m0/s1. The molecule has 0 saturated heterocycles. The maximum Gasteiger partial charge on any atom is 0.330 e. The Labute approximate surface area is 253 Å². The van der Waals surface area contributed by atoms with Crippen LogP contribution in [0.2, 0.25) is 0 Å². The van der Waals surface area contributed by atoms with Crippen LogP contribution in [-0.2, 0) is 38.0 Å². The molecule has 2 atom stereocenters. The molecular weight excluding hydrogens is 564 g/mol. The van der Waals surface area contributed by atoms with Gasteiger partial charge in [-0.15, -0.1) is 0 Å². The Morgan fingerprint density at radius 2 is 1.70 bits per heavy atom. The number of hydrogen-bond acceptors (Lipinski definition) is 12. The number of methoxy groups -OCH3 is 1. The molecule has 0 saturated carbocycles. The lowest BCUT2D eigenvalue weighted by molar-refractivity contribution is -0.165. The maximum atomic E-state index is 12.6. The topological polar surface area (TPSA) is 187 Å². The Balaban J connectivity index is 2.34. The Morgan fingerprint density at radius 1 is 1.07 bits per heavy atom. The molecule has 0 aliphatic rings. The monoisotopic (exact) mass is 612 g/mol. The van der Waals surface area contributed by atoms with E-state index >= 15 is 0 Å². The molecule has 0 radical (unpaired) electrons. The van der Waals surface area contributed by atoms with E-state index in [0.29, 0.717) is 58.2 Å². The van der Waals surface area contributed by atoms with E-state index < -0.39 is 24.0 Å². The van der Waals surface area contributed by atoms with Crippen molar-refractivity contribution >= 4 is 17.7 Å². The number of anilines is 1. The smallest absolute Gasteiger partial charge is 0.330 e. The fourth-order valence-corrected chi connectivity index (χ4v) is 3.55. The van der Waals surface area contributed by atoms with Crippen molar-refractivity contribution in [1.82, 2.24) is 10.3 Å². The van der Waals surface area contributed by atoms with Gasteiger partial charge in [-0.2, -0.15) is 0 Å². The highest BCUT2D eigenvalue weighted by atomic mass is 16.6. The van der Waals surface area contributed by atoms with Crippen LogP contribution in [0.1, 0.15) is 45.6 Å². The number of pyridine rings is 1. The Bertz CT molecular complexity index is 972. The van der Waals surface area contributed by atoms with Crippen molar-refractivity contribution in [2.75, 3.05) is 78.0 Å². The molecule has 1 unspecified atom stereocenters. The largest absolute Gasteiger partial charge is 0.467 e. The van der Waals surface area contributed by atoms with Gasteiger partial charge in [0, 0.05) is 30.6 Å². The molecule has 1 rings (SSSR count). The fourth-order valence-electron chi connectivity index (χ4n) is 3.55. The van der Waals surface area contributed by atoms with E-state index in [9.17, 15) is 14.7 Å². The Hall–Kier alpha value is -3.04. The minimum atomic E-state index is -1.21. The number of carbonyl (C=O) groups excluding carboxylic acids is 2. The maximum absolute atomic E-state index is 12.6. The first-order chi connectivity index (χ1) is 20.6. The minimum absolute atomic E-state index is 0.0609. The molecule has 0 bridgehead atoms. The number of azide groups is 1. The number of nitrogens with zero attached hydrogens (tertiary/aromatic N) is 5. The highest BCUT2D eigenvalue weighted by molar-refractivity contribution is 5.84. The Morgan fingerprint density at radius 3 is 2.28 bits per heavy atom. The predicted octanol–water partition coefficient (Wildman–Crippen LogP) is 2.49. The molecule has 0 aliphatic carbocycles. The van der Waals surface area contributed by atoms with Gasteiger partial charge in [-0.3, -0.25) is 4.79 Å². The average Bonchev–Trinajstić information content (AvgIpc) is 2.95. The zero-order chi connectivity index (χ0) is 31.9. The number of nitrogens with one attached hydrogen (secondary N) is 1. The van der Waals surface area contributed by atoms with Crippen LogP contribution in [-0.4, -0.2) is 113 Å². The third-order valence-electron chi connectivity index (χ3n) is 5.59. The molecule has 1 aromatic rings. The van der Waals surface area contributed by atoms with E-state index in [-0.39, 0.29) is 38.7 Å². The number of aromatic nitrogens is 1. The number of aryl methyl sites for hydroxylation is 1. The zero-order valence-electron chi connectivity index (χ0n) is 26.0. The lowest BCUT2D eigenvalue weighted by atomic mass is 10.2. The van der Waals surface area contributed by atoms with Gasteiger partial charge in [-0.1, -0.05) is 5.11 Å². The molecular formula is C28H48N6O9. The lowest BCUT2D eigenvalue weighted by Crippen LogP contribution is -2.45. The lowest BCUT2D eigenvalue weighted by Gasteiger charge is -2.33. The number of ether oxygens (including phenoxy) is 6. The first-order valence-electron chi connectivity index (χ1n) is 14.3. The number of carbonyl (C=O) groups is 2. The molecule has 15 nitrogen and oxygen atoms in total. The Kier molecular flexibility index (Phi) is 19.9. The van der Waals surface area contributed by atoms with Gasteiger partial charge in [0.05, 0.1) is 65.6 Å². The fraction of sp³-hybridized carbons (Fsp3) is 0.750. The predicted molar refractivity (Wildman–Crippen MR) is 158 cm³/mol. The van der Waals surface area contributed by atoms with Gasteiger partial charge in [0.15, 0.2) is 6.04 Å². The second kappa shape index (κ2) is 22.5. The number of esters is 1. The molecule has 1 aromatic heterocycles. The summed E-state index contributed by atoms with van der Waals surface area (Å²) in [5.41, 5.74) is 8.59. The highest BCUT2D eigenvalue weighted by Gasteiger charge is 2.25. The number of aliphatic hydroxyl groups excluding tert-OH is 1. The van der Waals surface area contributed by atoms with Crippen LogP contribution in [0.5, 0.6) is 0 Å². The zero-order valence-corrected chi connectivity index (χ0v) is 26.0. The van der Waals surface area contributed by atoms with E-state index in [0.717, 1.165) is 5.56 Å². The van der Waals surface area contributed by atoms with Gasteiger partial charge < -0.3 is 43.7 Å². The molecule has 2 N–H and O–H groups in total. The van der Waals surface area contributed by atoms with Gasteiger partial charge in [-0.05, 0) is 63.8 Å². The summed E-state index contributed by atoms with van der Waals surface area (Å²) >= 11 is 0. The van der Waals surface area contributed by atoms with Crippen molar-refractivity contribution in [2.24, 2.45) is 5.11 Å². The van der Waals surface area contributed by atoms with Gasteiger partial charge in [0.1, 0.15) is 5.82 Å². The van der Waals surface area contributed by atoms with E-state index in [1.807, 2.05) is 39.8 Å². The van der Waals surface area contributed by atoms with Crippen molar-refractivity contribution in [2.45, 2.75) is 65.0 Å². The van der Waals surface area contributed by atoms with Crippen LogP contribution in [0.15, 0.2) is 23.4 Å². The molecule has 244 valence electrons. The highest BCUT2D eigenvalue weighted by Crippen LogP contribution is 2.20. The summed E-state index contributed by atoms with van der Waals surface area (Å²) in [6.45, 7) is 10.5. The van der Waals surface area contributed by atoms with Crippen molar-refractivity contribution in [1.29, 1.82) is 0 Å². The van der Waals surface area contributed by atoms with Crippen LogP contribution >= 0.6 is 0 Å². The third-order valence-corrected chi connectivity index (χ3v) is 5.59. The molecule has 1 amide bonds. The van der Waals surface area contributed by atoms with Crippen LogP contribution in [0, 0.1) is 6.92 Å². The number of hydrogen-bond donors (Lipinski definition) is 2. The molecule has 1 heterocycles. The van der Waals surface area contributed by atoms with Crippen LogP contribution < -0.4 is 10.2 Å². The van der Waals surface area contributed by atoms with Crippen molar-refractivity contribution in [3.8, 4) is 0 Å². The summed E-state index contributed by atoms with van der Waals surface area (Å²) in [6.07, 6.45) is 1.70. The number of unbranched alkanes of at least 4 members (excludes halogenated alkanes) is 1. The molecule has 15 heteroatoms. The van der Waals surface area contributed by atoms with E-state index in [1.165, 1.54) is 7.11 Å². The van der Waals surface area contributed by atoms with Crippen LogP contribution in [0.4, 0.5) is 5.82 Å². The minimum Gasteiger partial charge on any atom is -0.467 e. The molecule has 0 fully saturated rings. The summed E-state index contributed by atoms with van der Waals surface area (Å²) in [5.74, 6) is -0.352. The van der Waals surface area contributed by atoms with Gasteiger partial charge in [0.2, 0.25) is 12.3 Å². The van der Waals surface area contributed by atoms with Crippen LogP contribution in [0.25, 0.3) is 10.4 Å². The first-order valence-corrected chi connectivity index (χ1v) is 14.3. The van der Waals surface area contributed by atoms with E-state index in [2.05, 4.69) is 20.3 Å². The van der Waals surface area contributed by atoms with Gasteiger partial charge >= 0.3 is 5.97 Å². The molecule has 0 aliphatic heterocycles. The van der Waals surface area contributed by atoms with Crippen molar-refractivity contribution in [3.63, 3.8) is 0 Å². The number of rotatable bonds is 24. The molecule has 0 aromatic carbocycles. The molecule has 0 spiro atoms. The van der Waals surface area contributed by atoms with E-state index in [4.69, 9.17) is 34.0 Å². The third kappa shape index (κ3) is 19.0. The first kappa shape index (κ1) is 38.0. The van der Waals surface area contributed by atoms with Gasteiger partial charge in [-0.25, -0.2) is 9.78 Å². The number of amides is 1. The van der Waals surface area contributed by atoms with Crippen molar-refractivity contribution in [3.05, 3.63) is 34.3 Å². The van der Waals surface area contributed by atoms with E-state index in [1.54, 1.807) is 11.1 Å². The quantitative estimate of drug-likeness (QED) is 0.0436. The summed E-state index contributed by atoms with van der Waals surface area (Å²) < 4.78 is 32.0.